The second kappa shape index (κ2) is 6.28. The van der Waals surface area contributed by atoms with E-state index in [4.69, 9.17) is 4.52 Å². The molecule has 1 heterocycles. The molecule has 0 spiro atoms. The van der Waals surface area contributed by atoms with Crippen LogP contribution in [0.2, 0.25) is 0 Å². The number of aryl methyl sites for hydroxylation is 3. The highest BCUT2D eigenvalue weighted by molar-refractivity contribution is 6.08. The highest BCUT2D eigenvalue weighted by Crippen LogP contribution is 2.27. The molecular formula is C19H17FN2O2. The van der Waals surface area contributed by atoms with Crippen LogP contribution >= 0.6 is 0 Å². The first-order valence-electron chi connectivity index (χ1n) is 7.56. The molecule has 3 rings (SSSR count). The molecule has 122 valence electrons. The Morgan fingerprint density at radius 2 is 1.88 bits per heavy atom. The molecule has 24 heavy (non-hydrogen) atoms. The monoisotopic (exact) mass is 324 g/mol. The summed E-state index contributed by atoms with van der Waals surface area (Å²) in [5.74, 6) is -0.347. The fourth-order valence-electron chi connectivity index (χ4n) is 2.49. The Morgan fingerprint density at radius 3 is 2.58 bits per heavy atom. The minimum absolute atomic E-state index is 0.304. The van der Waals surface area contributed by atoms with Gasteiger partial charge in [-0.1, -0.05) is 23.4 Å². The van der Waals surface area contributed by atoms with Crippen LogP contribution in [-0.2, 0) is 0 Å². The number of amides is 1. The van der Waals surface area contributed by atoms with E-state index in [9.17, 15) is 9.18 Å². The van der Waals surface area contributed by atoms with Crippen LogP contribution in [0.5, 0.6) is 0 Å². The zero-order chi connectivity index (χ0) is 17.3. The van der Waals surface area contributed by atoms with E-state index in [1.807, 2.05) is 32.0 Å². The van der Waals surface area contributed by atoms with E-state index in [0.29, 0.717) is 28.3 Å². The number of nitrogens with zero attached hydrogens (tertiary/aromatic N) is 1. The highest BCUT2D eigenvalue weighted by atomic mass is 19.1. The van der Waals surface area contributed by atoms with Crippen LogP contribution < -0.4 is 5.32 Å². The first-order chi connectivity index (χ1) is 11.5. The van der Waals surface area contributed by atoms with E-state index >= 15 is 0 Å². The molecule has 0 aliphatic rings. The molecule has 0 saturated heterocycles. The summed E-state index contributed by atoms with van der Waals surface area (Å²) in [6, 6.07) is 11.6. The molecular weight excluding hydrogens is 307 g/mol. The molecule has 0 atom stereocenters. The summed E-state index contributed by atoms with van der Waals surface area (Å²) in [7, 11) is 0. The van der Waals surface area contributed by atoms with E-state index in [1.165, 1.54) is 12.1 Å². The van der Waals surface area contributed by atoms with Crippen molar-refractivity contribution in [3.8, 4) is 11.3 Å². The number of carbonyl (C=O) groups is 1. The molecule has 0 aliphatic heterocycles. The Morgan fingerprint density at radius 1 is 1.08 bits per heavy atom. The van der Waals surface area contributed by atoms with Gasteiger partial charge in [0.15, 0.2) is 0 Å². The minimum atomic E-state index is -0.395. The molecule has 1 aromatic heterocycles. The second-order valence-corrected chi connectivity index (χ2v) is 5.73. The Bertz CT molecular complexity index is 915. The van der Waals surface area contributed by atoms with Crippen LogP contribution in [0, 0.1) is 26.6 Å². The lowest BCUT2D eigenvalue weighted by atomic mass is 10.0. The molecule has 1 N–H and O–H groups in total. The number of rotatable bonds is 3. The van der Waals surface area contributed by atoms with Gasteiger partial charge in [0.25, 0.3) is 5.91 Å². The van der Waals surface area contributed by atoms with Gasteiger partial charge in [-0.3, -0.25) is 4.79 Å². The lowest BCUT2D eigenvalue weighted by Crippen LogP contribution is -2.13. The maximum absolute atomic E-state index is 13.5. The maximum Gasteiger partial charge on any atom is 0.261 e. The Labute approximate surface area is 139 Å². The van der Waals surface area contributed by atoms with Gasteiger partial charge in [0.1, 0.15) is 22.8 Å². The van der Waals surface area contributed by atoms with Crippen LogP contribution in [0.1, 0.15) is 27.2 Å². The van der Waals surface area contributed by atoms with Gasteiger partial charge in [-0.25, -0.2) is 4.39 Å². The fourth-order valence-corrected chi connectivity index (χ4v) is 2.49. The minimum Gasteiger partial charge on any atom is -0.360 e. The number of halogens is 1. The van der Waals surface area contributed by atoms with Gasteiger partial charge < -0.3 is 9.84 Å². The third-order valence-corrected chi connectivity index (χ3v) is 3.95. The smallest absolute Gasteiger partial charge is 0.261 e. The summed E-state index contributed by atoms with van der Waals surface area (Å²) in [6.45, 7) is 5.64. The molecule has 0 fully saturated rings. The van der Waals surface area contributed by atoms with Crippen molar-refractivity contribution in [2.75, 3.05) is 5.32 Å². The molecule has 4 nitrogen and oxygen atoms in total. The van der Waals surface area contributed by atoms with Gasteiger partial charge in [-0.05, 0) is 56.2 Å². The Hall–Kier alpha value is -2.95. The van der Waals surface area contributed by atoms with E-state index in [1.54, 1.807) is 19.1 Å². The fraction of sp³-hybridized carbons (Fsp3) is 0.158. The lowest BCUT2D eigenvalue weighted by Gasteiger charge is -2.08. The predicted octanol–water partition coefficient (Wildman–Crippen LogP) is 4.66. The van der Waals surface area contributed by atoms with Crippen LogP contribution in [0.25, 0.3) is 11.3 Å². The van der Waals surface area contributed by atoms with Crippen LogP contribution in [0.3, 0.4) is 0 Å². The standard InChI is InChI=1S/C19H17FN2O2/c1-11-7-8-16(9-12(11)2)21-19(23)17-13(3)24-22-18(17)14-5-4-6-15(20)10-14/h4-10H,1-3H3,(H,21,23). The zero-order valence-corrected chi connectivity index (χ0v) is 13.7. The molecule has 0 radical (unpaired) electrons. The van der Waals surface area contributed by atoms with Gasteiger partial charge >= 0.3 is 0 Å². The molecule has 5 heteroatoms. The van der Waals surface area contributed by atoms with Gasteiger partial charge in [-0.15, -0.1) is 0 Å². The number of hydrogen-bond acceptors (Lipinski definition) is 3. The quantitative estimate of drug-likeness (QED) is 0.762. The van der Waals surface area contributed by atoms with Gasteiger partial charge in [0, 0.05) is 11.3 Å². The summed E-state index contributed by atoms with van der Waals surface area (Å²) in [5, 5.41) is 6.76. The summed E-state index contributed by atoms with van der Waals surface area (Å²) in [4.78, 5) is 12.7. The van der Waals surface area contributed by atoms with Crippen molar-refractivity contribution in [3.05, 3.63) is 70.7 Å². The highest BCUT2D eigenvalue weighted by Gasteiger charge is 2.22. The Kier molecular flexibility index (Phi) is 4.16. The van der Waals surface area contributed by atoms with Crippen molar-refractivity contribution in [2.24, 2.45) is 0 Å². The van der Waals surface area contributed by atoms with Gasteiger partial charge in [0.2, 0.25) is 0 Å². The lowest BCUT2D eigenvalue weighted by molar-refractivity contribution is 0.102. The number of hydrogen-bond donors (Lipinski definition) is 1. The number of benzene rings is 2. The maximum atomic E-state index is 13.5. The van der Waals surface area contributed by atoms with Gasteiger partial charge in [0.05, 0.1) is 0 Å². The summed E-state index contributed by atoms with van der Waals surface area (Å²) in [6.07, 6.45) is 0. The van der Waals surface area contributed by atoms with Crippen LogP contribution in [0.15, 0.2) is 47.0 Å². The average molecular weight is 324 g/mol. The van der Waals surface area contributed by atoms with E-state index < -0.39 is 5.82 Å². The zero-order valence-electron chi connectivity index (χ0n) is 13.7. The second-order valence-electron chi connectivity index (χ2n) is 5.73. The summed E-state index contributed by atoms with van der Waals surface area (Å²) < 4.78 is 18.6. The number of carbonyl (C=O) groups excluding carboxylic acids is 1. The van der Waals surface area contributed by atoms with E-state index in [-0.39, 0.29) is 5.91 Å². The van der Waals surface area contributed by atoms with Gasteiger partial charge in [-0.2, -0.15) is 0 Å². The first-order valence-corrected chi connectivity index (χ1v) is 7.56. The number of aromatic nitrogens is 1. The molecule has 0 aliphatic carbocycles. The molecule has 3 aromatic rings. The first kappa shape index (κ1) is 15.9. The number of nitrogens with one attached hydrogen (secondary N) is 1. The van der Waals surface area contributed by atoms with Crippen molar-refractivity contribution in [1.29, 1.82) is 0 Å². The normalized spacial score (nSPS) is 10.7. The topological polar surface area (TPSA) is 55.1 Å². The molecule has 0 bridgehead atoms. The summed E-state index contributed by atoms with van der Waals surface area (Å²) >= 11 is 0. The summed E-state index contributed by atoms with van der Waals surface area (Å²) in [5.41, 5.74) is 4.05. The Balaban J connectivity index is 1.95. The largest absolute Gasteiger partial charge is 0.360 e. The predicted molar refractivity (Wildman–Crippen MR) is 90.5 cm³/mol. The van der Waals surface area contributed by atoms with Crippen molar-refractivity contribution in [2.45, 2.75) is 20.8 Å². The molecule has 1 amide bonds. The van der Waals surface area contributed by atoms with Crippen LogP contribution in [-0.4, -0.2) is 11.1 Å². The third-order valence-electron chi connectivity index (χ3n) is 3.95. The molecule has 2 aromatic carbocycles. The van der Waals surface area contributed by atoms with E-state index in [0.717, 1.165) is 11.1 Å². The van der Waals surface area contributed by atoms with E-state index in [2.05, 4.69) is 10.5 Å². The van der Waals surface area contributed by atoms with Crippen molar-refractivity contribution < 1.29 is 13.7 Å². The van der Waals surface area contributed by atoms with Crippen molar-refractivity contribution in [3.63, 3.8) is 0 Å². The third kappa shape index (κ3) is 3.06. The molecule has 0 unspecified atom stereocenters. The van der Waals surface area contributed by atoms with Crippen molar-refractivity contribution >= 4 is 11.6 Å². The SMILES string of the molecule is Cc1ccc(NC(=O)c2c(-c3cccc(F)c3)noc2C)cc1C. The van der Waals surface area contributed by atoms with Crippen molar-refractivity contribution in [1.82, 2.24) is 5.16 Å². The average Bonchev–Trinajstić information content (AvgIpc) is 2.93. The molecule has 0 saturated carbocycles. The number of anilines is 1. The van der Waals surface area contributed by atoms with Crippen LogP contribution in [0.4, 0.5) is 10.1 Å².